The van der Waals surface area contributed by atoms with Crippen LogP contribution in [0.1, 0.15) is 36.8 Å². The summed E-state index contributed by atoms with van der Waals surface area (Å²) in [5, 5.41) is 0. The van der Waals surface area contributed by atoms with Crippen molar-refractivity contribution in [2.24, 2.45) is 0 Å². The smallest absolute Gasteiger partial charge is 0.261 e. The lowest BCUT2D eigenvalue weighted by atomic mass is 10.0. The third-order valence-corrected chi connectivity index (χ3v) is 5.40. The number of halogens is 1. The number of hydrogen-bond donors (Lipinski definition) is 0. The molecule has 6 nitrogen and oxygen atoms in total. The highest BCUT2D eigenvalue weighted by molar-refractivity contribution is 9.10. The summed E-state index contributed by atoms with van der Waals surface area (Å²) in [6.07, 6.45) is 0. The minimum absolute atomic E-state index is 0.257. The summed E-state index contributed by atoms with van der Waals surface area (Å²) >= 11 is 3.41. The lowest BCUT2D eigenvalue weighted by Crippen LogP contribution is -2.26. The maximum atomic E-state index is 12.8. The van der Waals surface area contributed by atoms with E-state index in [1.807, 2.05) is 36.4 Å². The molecule has 29 heavy (non-hydrogen) atoms. The van der Waals surface area contributed by atoms with Gasteiger partial charge in [0.1, 0.15) is 11.5 Å². The average Bonchev–Trinajstić information content (AvgIpc) is 3.27. The zero-order chi connectivity index (χ0) is 20.7. The molecule has 7 heteroatoms. The Hall–Kier alpha value is -3.19. The molecule has 0 saturated carbocycles. The molecule has 3 amide bonds. The normalized spacial score (nSPS) is 13.0. The summed E-state index contributed by atoms with van der Waals surface area (Å²) in [5.74, 6) is 0.356. The standard InChI is InChI=1S/C22H17BrN2O4/c1-24(12-16-8-10-19(29-16)13-3-6-15(23)7-4-13)20(26)14-5-9-17-18(11-14)22(28)25(2)21(17)27/h3-11H,12H2,1-2H3. The molecule has 0 radical (unpaired) electrons. The molecular formula is C22H17BrN2O4. The first kappa shape index (κ1) is 19.1. The molecule has 1 aliphatic heterocycles. The topological polar surface area (TPSA) is 70.8 Å². The van der Waals surface area contributed by atoms with E-state index in [0.29, 0.717) is 16.9 Å². The Balaban J connectivity index is 1.50. The van der Waals surface area contributed by atoms with E-state index in [0.717, 1.165) is 20.7 Å². The largest absolute Gasteiger partial charge is 0.459 e. The van der Waals surface area contributed by atoms with Crippen LogP contribution in [0.5, 0.6) is 0 Å². The van der Waals surface area contributed by atoms with Gasteiger partial charge in [0.15, 0.2) is 0 Å². The van der Waals surface area contributed by atoms with E-state index in [9.17, 15) is 14.4 Å². The fraction of sp³-hybridized carbons (Fsp3) is 0.136. The minimum atomic E-state index is -0.396. The number of imide groups is 1. The highest BCUT2D eigenvalue weighted by Crippen LogP contribution is 2.26. The second-order valence-electron chi connectivity index (χ2n) is 6.86. The van der Waals surface area contributed by atoms with E-state index in [4.69, 9.17) is 4.42 Å². The van der Waals surface area contributed by atoms with Crippen molar-refractivity contribution in [3.05, 3.63) is 81.5 Å². The van der Waals surface area contributed by atoms with Crippen LogP contribution in [0, 0.1) is 0 Å². The number of fused-ring (bicyclic) bond motifs is 1. The summed E-state index contributed by atoms with van der Waals surface area (Å²) in [4.78, 5) is 39.5. The Labute approximate surface area is 175 Å². The van der Waals surface area contributed by atoms with Crippen LogP contribution < -0.4 is 0 Å². The summed E-state index contributed by atoms with van der Waals surface area (Å²) in [6.45, 7) is 0.277. The first-order valence-electron chi connectivity index (χ1n) is 8.91. The van der Waals surface area contributed by atoms with Gasteiger partial charge < -0.3 is 9.32 Å². The van der Waals surface area contributed by atoms with Gasteiger partial charge in [-0.15, -0.1) is 0 Å². The highest BCUT2D eigenvalue weighted by Gasteiger charge is 2.33. The molecule has 3 aromatic rings. The van der Waals surface area contributed by atoms with Crippen molar-refractivity contribution in [2.45, 2.75) is 6.54 Å². The van der Waals surface area contributed by atoms with Gasteiger partial charge in [-0.05, 0) is 42.5 Å². The second-order valence-corrected chi connectivity index (χ2v) is 7.78. The van der Waals surface area contributed by atoms with Gasteiger partial charge >= 0.3 is 0 Å². The maximum absolute atomic E-state index is 12.8. The van der Waals surface area contributed by atoms with Crippen LogP contribution in [0.4, 0.5) is 0 Å². The Morgan fingerprint density at radius 1 is 1.00 bits per heavy atom. The summed E-state index contributed by atoms with van der Waals surface area (Å²) in [7, 11) is 3.09. The van der Waals surface area contributed by atoms with Gasteiger partial charge in [0, 0.05) is 29.7 Å². The van der Waals surface area contributed by atoms with E-state index in [1.54, 1.807) is 13.1 Å². The van der Waals surface area contributed by atoms with Gasteiger partial charge in [0.2, 0.25) is 0 Å². The third-order valence-electron chi connectivity index (χ3n) is 4.87. The van der Waals surface area contributed by atoms with E-state index in [2.05, 4.69) is 15.9 Å². The molecule has 1 aromatic heterocycles. The number of amides is 3. The molecule has 0 fully saturated rings. The van der Waals surface area contributed by atoms with Gasteiger partial charge in [0.05, 0.1) is 17.7 Å². The molecule has 146 valence electrons. The van der Waals surface area contributed by atoms with Crippen LogP contribution in [0.3, 0.4) is 0 Å². The molecular weight excluding hydrogens is 436 g/mol. The molecule has 0 aliphatic carbocycles. The van der Waals surface area contributed by atoms with E-state index < -0.39 is 5.91 Å². The molecule has 0 bridgehead atoms. The van der Waals surface area contributed by atoms with Crippen molar-refractivity contribution in [3.8, 4) is 11.3 Å². The molecule has 1 aliphatic rings. The second kappa shape index (κ2) is 7.33. The maximum Gasteiger partial charge on any atom is 0.261 e. The van der Waals surface area contributed by atoms with Crippen LogP contribution in [-0.2, 0) is 6.54 Å². The van der Waals surface area contributed by atoms with Gasteiger partial charge in [-0.2, -0.15) is 0 Å². The minimum Gasteiger partial charge on any atom is -0.459 e. The van der Waals surface area contributed by atoms with Gasteiger partial charge in [-0.25, -0.2) is 0 Å². The summed E-state index contributed by atoms with van der Waals surface area (Å²) in [6, 6.07) is 16.0. The predicted molar refractivity (Wildman–Crippen MR) is 111 cm³/mol. The van der Waals surface area contributed by atoms with Crippen LogP contribution in [0.15, 0.2) is 63.5 Å². The molecule has 0 N–H and O–H groups in total. The Bertz CT molecular complexity index is 1130. The Morgan fingerprint density at radius 2 is 1.69 bits per heavy atom. The number of hydrogen-bond acceptors (Lipinski definition) is 4. The van der Waals surface area contributed by atoms with Crippen LogP contribution in [0.2, 0.25) is 0 Å². The van der Waals surface area contributed by atoms with Crippen LogP contribution >= 0.6 is 15.9 Å². The lowest BCUT2D eigenvalue weighted by Gasteiger charge is -2.16. The number of furan rings is 1. The summed E-state index contributed by atoms with van der Waals surface area (Å²) < 4.78 is 6.86. The Morgan fingerprint density at radius 3 is 2.41 bits per heavy atom. The number of nitrogens with zero attached hydrogens (tertiary/aromatic N) is 2. The monoisotopic (exact) mass is 452 g/mol. The molecule has 0 unspecified atom stereocenters. The summed E-state index contributed by atoms with van der Waals surface area (Å²) in [5.41, 5.74) is 1.87. The highest BCUT2D eigenvalue weighted by atomic mass is 79.9. The Kier molecular flexibility index (Phi) is 4.84. The van der Waals surface area contributed by atoms with Crippen LogP contribution in [-0.4, -0.2) is 41.6 Å². The predicted octanol–water partition coefficient (Wildman–Crippen LogP) is 4.21. The van der Waals surface area contributed by atoms with Crippen molar-refractivity contribution in [3.63, 3.8) is 0 Å². The molecule has 0 spiro atoms. The van der Waals surface area contributed by atoms with Crippen molar-refractivity contribution in [1.29, 1.82) is 0 Å². The van der Waals surface area contributed by atoms with Crippen molar-refractivity contribution < 1.29 is 18.8 Å². The van der Waals surface area contributed by atoms with Gasteiger partial charge in [0.25, 0.3) is 17.7 Å². The molecule has 0 atom stereocenters. The number of benzene rings is 2. The molecule has 0 saturated heterocycles. The van der Waals surface area contributed by atoms with Crippen molar-refractivity contribution in [2.75, 3.05) is 14.1 Å². The lowest BCUT2D eigenvalue weighted by molar-refractivity contribution is 0.0692. The zero-order valence-corrected chi connectivity index (χ0v) is 17.4. The number of carbonyl (C=O) groups excluding carboxylic acids is 3. The van der Waals surface area contributed by atoms with E-state index in [-0.39, 0.29) is 23.9 Å². The number of carbonyl (C=O) groups is 3. The molecule has 2 aromatic carbocycles. The van der Waals surface area contributed by atoms with Crippen molar-refractivity contribution in [1.82, 2.24) is 9.80 Å². The molecule has 4 rings (SSSR count). The van der Waals surface area contributed by atoms with Gasteiger partial charge in [-0.1, -0.05) is 28.1 Å². The molecule has 2 heterocycles. The third kappa shape index (κ3) is 3.49. The zero-order valence-electron chi connectivity index (χ0n) is 15.8. The van der Waals surface area contributed by atoms with Gasteiger partial charge in [-0.3, -0.25) is 19.3 Å². The number of rotatable bonds is 4. The van der Waals surface area contributed by atoms with E-state index in [1.165, 1.54) is 24.1 Å². The quantitative estimate of drug-likeness (QED) is 0.555. The first-order chi connectivity index (χ1) is 13.8. The van der Waals surface area contributed by atoms with Crippen LogP contribution in [0.25, 0.3) is 11.3 Å². The SMILES string of the molecule is CN(Cc1ccc(-c2ccc(Br)cc2)o1)C(=O)c1ccc2c(c1)C(=O)N(C)C2=O. The average molecular weight is 453 g/mol. The van der Waals surface area contributed by atoms with Crippen molar-refractivity contribution >= 4 is 33.7 Å². The fourth-order valence-electron chi connectivity index (χ4n) is 3.25. The fourth-order valence-corrected chi connectivity index (χ4v) is 3.52. The first-order valence-corrected chi connectivity index (χ1v) is 9.71. The van der Waals surface area contributed by atoms with E-state index >= 15 is 0 Å².